The average Bonchev–Trinajstić information content (AvgIpc) is 2.19. The minimum atomic E-state index is 0.173. The van der Waals surface area contributed by atoms with E-state index >= 15 is 0 Å². The summed E-state index contributed by atoms with van der Waals surface area (Å²) in [7, 11) is 1.95. The number of likely N-dealkylation sites (N-methyl/N-ethyl adjacent to an activating group) is 1. The number of aliphatic hydroxyl groups excluding tert-OH is 1. The summed E-state index contributed by atoms with van der Waals surface area (Å²) in [4.78, 5) is 6.11. The molecule has 0 aliphatic carbocycles. The topological polar surface area (TPSA) is 74.4 Å². The molecule has 78 valence electrons. The predicted molar refractivity (Wildman–Crippen MR) is 55.5 cm³/mol. The number of hydrazine groups is 1. The summed E-state index contributed by atoms with van der Waals surface area (Å²) in [5.41, 5.74) is 3.57. The van der Waals surface area contributed by atoms with Gasteiger partial charge in [-0.1, -0.05) is 6.07 Å². The number of rotatable bonds is 5. The molecule has 0 bridgehead atoms. The third kappa shape index (κ3) is 3.29. The van der Waals surface area contributed by atoms with Crippen molar-refractivity contribution in [3.05, 3.63) is 23.9 Å². The molecule has 1 aromatic heterocycles. The second kappa shape index (κ2) is 5.54. The van der Waals surface area contributed by atoms with Gasteiger partial charge in [0.25, 0.3) is 0 Å². The lowest BCUT2D eigenvalue weighted by Gasteiger charge is -2.14. The van der Waals surface area contributed by atoms with E-state index in [-0.39, 0.29) is 6.61 Å². The van der Waals surface area contributed by atoms with Gasteiger partial charge in [-0.15, -0.1) is 0 Å². The van der Waals surface area contributed by atoms with E-state index in [2.05, 4.69) is 10.4 Å². The molecule has 0 radical (unpaired) electrons. The van der Waals surface area contributed by atoms with Crippen molar-refractivity contribution in [3.63, 3.8) is 0 Å². The lowest BCUT2D eigenvalue weighted by molar-refractivity contribution is 0.217. The fraction of sp³-hybridized carbons (Fsp3) is 0.444. The Morgan fingerprint density at radius 1 is 1.57 bits per heavy atom. The summed E-state index contributed by atoms with van der Waals surface area (Å²) in [6.07, 6.45) is 1.77. The van der Waals surface area contributed by atoms with Crippen molar-refractivity contribution >= 4 is 5.82 Å². The third-order valence-corrected chi connectivity index (χ3v) is 1.91. The molecule has 0 saturated carbocycles. The van der Waals surface area contributed by atoms with Crippen LogP contribution in [-0.2, 0) is 6.54 Å². The number of nitrogens with zero attached hydrogens (tertiary/aromatic N) is 2. The van der Waals surface area contributed by atoms with Crippen molar-refractivity contribution in [2.24, 2.45) is 5.84 Å². The fourth-order valence-electron chi connectivity index (χ4n) is 1.16. The van der Waals surface area contributed by atoms with Crippen molar-refractivity contribution in [1.82, 2.24) is 9.88 Å². The van der Waals surface area contributed by atoms with Gasteiger partial charge in [-0.2, -0.15) is 0 Å². The molecule has 0 amide bonds. The van der Waals surface area contributed by atoms with E-state index in [0.29, 0.717) is 12.4 Å². The maximum Gasteiger partial charge on any atom is 0.139 e. The summed E-state index contributed by atoms with van der Waals surface area (Å²) in [6, 6.07) is 3.78. The number of nitrogens with one attached hydrogen (secondary N) is 1. The number of hydrogen-bond donors (Lipinski definition) is 3. The zero-order valence-electron chi connectivity index (χ0n) is 8.27. The van der Waals surface area contributed by atoms with Crippen LogP contribution in [-0.4, -0.2) is 35.2 Å². The van der Waals surface area contributed by atoms with Gasteiger partial charge in [-0.05, 0) is 18.7 Å². The third-order valence-electron chi connectivity index (χ3n) is 1.91. The molecule has 0 fully saturated rings. The maximum atomic E-state index is 8.71. The molecular weight excluding hydrogens is 180 g/mol. The number of aromatic nitrogens is 1. The molecule has 0 atom stereocenters. The average molecular weight is 196 g/mol. The first-order chi connectivity index (χ1) is 6.76. The molecule has 1 aromatic rings. The molecule has 1 heterocycles. The minimum absolute atomic E-state index is 0.173. The highest BCUT2D eigenvalue weighted by Crippen LogP contribution is 2.05. The number of nitrogens with two attached hydrogens (primary N) is 1. The van der Waals surface area contributed by atoms with Gasteiger partial charge >= 0.3 is 0 Å². The van der Waals surface area contributed by atoms with Gasteiger partial charge in [0, 0.05) is 19.3 Å². The lowest BCUT2D eigenvalue weighted by Crippen LogP contribution is -2.21. The van der Waals surface area contributed by atoms with Crippen LogP contribution in [0.2, 0.25) is 0 Å². The van der Waals surface area contributed by atoms with Crippen molar-refractivity contribution in [3.8, 4) is 0 Å². The summed E-state index contributed by atoms with van der Waals surface area (Å²) < 4.78 is 0. The first-order valence-corrected chi connectivity index (χ1v) is 4.47. The van der Waals surface area contributed by atoms with Gasteiger partial charge in [-0.3, -0.25) is 4.90 Å². The molecule has 0 unspecified atom stereocenters. The van der Waals surface area contributed by atoms with Gasteiger partial charge in [0.05, 0.1) is 6.61 Å². The molecular formula is C9H16N4O. The lowest BCUT2D eigenvalue weighted by atomic mass is 10.2. The highest BCUT2D eigenvalue weighted by atomic mass is 16.3. The number of nitrogen functional groups attached to an aromatic ring is 1. The normalized spacial score (nSPS) is 10.6. The molecule has 4 N–H and O–H groups in total. The smallest absolute Gasteiger partial charge is 0.139 e. The van der Waals surface area contributed by atoms with E-state index in [9.17, 15) is 0 Å². The molecule has 0 spiro atoms. The van der Waals surface area contributed by atoms with Crippen LogP contribution in [0.3, 0.4) is 0 Å². The van der Waals surface area contributed by atoms with E-state index in [1.807, 2.05) is 24.1 Å². The number of anilines is 1. The zero-order valence-corrected chi connectivity index (χ0v) is 8.27. The van der Waals surface area contributed by atoms with Crippen molar-refractivity contribution in [2.45, 2.75) is 6.54 Å². The molecule has 14 heavy (non-hydrogen) atoms. The maximum absolute atomic E-state index is 8.71. The monoisotopic (exact) mass is 196 g/mol. The standard InChI is InChI=1S/C9H16N4O/c1-13(4-5-14)7-8-2-3-9(12-10)11-6-8/h2-3,6,14H,4-5,7,10H2,1H3,(H,11,12). The van der Waals surface area contributed by atoms with Crippen LogP contribution in [0, 0.1) is 0 Å². The van der Waals surface area contributed by atoms with Gasteiger partial charge in [0.1, 0.15) is 5.82 Å². The number of hydrogen-bond acceptors (Lipinski definition) is 5. The number of aliphatic hydroxyl groups is 1. The van der Waals surface area contributed by atoms with E-state index < -0.39 is 0 Å². The quantitative estimate of drug-likeness (QED) is 0.449. The Labute approximate surface area is 83.5 Å². The van der Waals surface area contributed by atoms with Gasteiger partial charge in [0.2, 0.25) is 0 Å². The summed E-state index contributed by atoms with van der Waals surface area (Å²) >= 11 is 0. The Kier molecular flexibility index (Phi) is 4.31. The van der Waals surface area contributed by atoms with Crippen LogP contribution in [0.15, 0.2) is 18.3 Å². The van der Waals surface area contributed by atoms with E-state index in [1.54, 1.807) is 6.20 Å². The first kappa shape index (κ1) is 10.9. The molecule has 1 rings (SSSR count). The minimum Gasteiger partial charge on any atom is -0.395 e. The van der Waals surface area contributed by atoms with E-state index in [1.165, 1.54) is 0 Å². The Morgan fingerprint density at radius 2 is 2.36 bits per heavy atom. The van der Waals surface area contributed by atoms with Crippen LogP contribution in [0.5, 0.6) is 0 Å². The van der Waals surface area contributed by atoms with E-state index in [0.717, 1.165) is 12.1 Å². The van der Waals surface area contributed by atoms with Crippen LogP contribution < -0.4 is 11.3 Å². The van der Waals surface area contributed by atoms with Crippen molar-refractivity contribution in [1.29, 1.82) is 0 Å². The van der Waals surface area contributed by atoms with Crippen LogP contribution in [0.25, 0.3) is 0 Å². The second-order valence-corrected chi connectivity index (χ2v) is 3.16. The number of pyridine rings is 1. The summed E-state index contributed by atoms with van der Waals surface area (Å²) in [6.45, 7) is 1.61. The van der Waals surface area contributed by atoms with Crippen LogP contribution >= 0.6 is 0 Å². The Balaban J connectivity index is 2.50. The van der Waals surface area contributed by atoms with Crippen molar-refractivity contribution < 1.29 is 5.11 Å². The van der Waals surface area contributed by atoms with Gasteiger partial charge in [0.15, 0.2) is 0 Å². The highest BCUT2D eigenvalue weighted by molar-refractivity contribution is 5.33. The van der Waals surface area contributed by atoms with Gasteiger partial charge < -0.3 is 10.5 Å². The first-order valence-electron chi connectivity index (χ1n) is 4.47. The van der Waals surface area contributed by atoms with Crippen LogP contribution in [0.4, 0.5) is 5.82 Å². The highest BCUT2D eigenvalue weighted by Gasteiger charge is 1.99. The molecule has 0 aromatic carbocycles. The summed E-state index contributed by atoms with van der Waals surface area (Å²) in [5, 5.41) is 8.71. The Hall–Kier alpha value is -1.17. The molecule has 5 nitrogen and oxygen atoms in total. The van der Waals surface area contributed by atoms with E-state index in [4.69, 9.17) is 10.9 Å². The largest absolute Gasteiger partial charge is 0.395 e. The fourth-order valence-corrected chi connectivity index (χ4v) is 1.16. The second-order valence-electron chi connectivity index (χ2n) is 3.16. The van der Waals surface area contributed by atoms with Gasteiger partial charge in [-0.25, -0.2) is 10.8 Å². The molecule has 5 heteroatoms. The SMILES string of the molecule is CN(CCO)Cc1ccc(NN)nc1. The zero-order chi connectivity index (χ0) is 10.4. The predicted octanol–water partition coefficient (Wildman–Crippen LogP) is -0.209. The van der Waals surface area contributed by atoms with Crippen molar-refractivity contribution in [2.75, 3.05) is 25.6 Å². The Morgan fingerprint density at radius 3 is 2.86 bits per heavy atom. The molecule has 0 aliphatic heterocycles. The summed E-state index contributed by atoms with van der Waals surface area (Å²) in [5.74, 6) is 5.84. The molecule has 0 saturated heterocycles. The Bertz CT molecular complexity index is 262. The van der Waals surface area contributed by atoms with Crippen LogP contribution in [0.1, 0.15) is 5.56 Å². The molecule has 0 aliphatic rings.